The molecule has 1 rings (SSSR count). The fraction of sp³-hybridized carbons (Fsp3) is 0.462. The molecular weight excluding hydrogens is 294 g/mol. The minimum Gasteiger partial charge on any atom is -0.383 e. The van der Waals surface area contributed by atoms with E-state index in [9.17, 15) is 13.2 Å². The highest BCUT2D eigenvalue weighted by molar-refractivity contribution is 7.89. The number of nitrogens with one attached hydrogen (secondary N) is 3. The molecule has 0 aliphatic carbocycles. The van der Waals surface area contributed by atoms with Crippen LogP contribution in [0.3, 0.4) is 0 Å². The molecule has 0 aliphatic heterocycles. The average Bonchev–Trinajstić information content (AvgIpc) is 2.46. The monoisotopic (exact) mass is 315 g/mol. The first-order valence-corrected chi connectivity index (χ1v) is 7.96. The van der Waals surface area contributed by atoms with Crippen molar-refractivity contribution in [1.29, 1.82) is 0 Å². The number of hydrogen-bond donors (Lipinski definition) is 3. The summed E-state index contributed by atoms with van der Waals surface area (Å²) in [5, 5.41) is 5.46. The van der Waals surface area contributed by atoms with Crippen molar-refractivity contribution < 1.29 is 17.9 Å². The number of methoxy groups -OCH3 is 1. The van der Waals surface area contributed by atoms with Crippen LogP contribution in [0.4, 0.5) is 0 Å². The van der Waals surface area contributed by atoms with E-state index in [4.69, 9.17) is 4.74 Å². The second-order valence-corrected chi connectivity index (χ2v) is 6.11. The lowest BCUT2D eigenvalue weighted by atomic mass is 10.2. The van der Waals surface area contributed by atoms with Crippen LogP contribution in [0.15, 0.2) is 29.2 Å². The Morgan fingerprint density at radius 2 is 1.90 bits per heavy atom. The lowest BCUT2D eigenvalue weighted by molar-refractivity contribution is -0.120. The Bertz CT molecular complexity index is 543. The molecule has 3 N–H and O–H groups in total. The molecule has 0 fully saturated rings. The van der Waals surface area contributed by atoms with E-state index in [1.165, 1.54) is 19.2 Å². The number of rotatable bonds is 9. The first-order chi connectivity index (χ1) is 9.99. The van der Waals surface area contributed by atoms with Gasteiger partial charge in [0.1, 0.15) is 0 Å². The van der Waals surface area contributed by atoms with Gasteiger partial charge in [-0.15, -0.1) is 0 Å². The van der Waals surface area contributed by atoms with Crippen molar-refractivity contribution in [2.24, 2.45) is 0 Å². The van der Waals surface area contributed by atoms with Crippen LogP contribution in [-0.4, -0.2) is 48.2 Å². The van der Waals surface area contributed by atoms with Crippen LogP contribution < -0.4 is 15.4 Å². The van der Waals surface area contributed by atoms with E-state index in [2.05, 4.69) is 15.4 Å². The van der Waals surface area contributed by atoms with Crippen molar-refractivity contribution in [2.45, 2.75) is 11.4 Å². The zero-order valence-electron chi connectivity index (χ0n) is 12.2. The molecule has 0 saturated heterocycles. The van der Waals surface area contributed by atoms with Crippen LogP contribution >= 0.6 is 0 Å². The SMILES string of the molecule is CNCC(=O)NCc1ccc(S(=O)(=O)NCCOC)cc1. The number of hydrogen-bond acceptors (Lipinski definition) is 5. The molecule has 1 aromatic carbocycles. The number of carbonyl (C=O) groups excluding carboxylic acids is 1. The summed E-state index contributed by atoms with van der Waals surface area (Å²) in [6.45, 7) is 1.14. The Labute approximate surface area is 125 Å². The van der Waals surface area contributed by atoms with Crippen LogP contribution in [0.25, 0.3) is 0 Å². The first kappa shape index (κ1) is 17.6. The number of carbonyl (C=O) groups is 1. The predicted molar refractivity (Wildman–Crippen MR) is 79.3 cm³/mol. The van der Waals surface area contributed by atoms with Gasteiger partial charge in [0.15, 0.2) is 0 Å². The Morgan fingerprint density at radius 1 is 1.24 bits per heavy atom. The third-order valence-electron chi connectivity index (χ3n) is 2.66. The van der Waals surface area contributed by atoms with Gasteiger partial charge in [0, 0.05) is 20.2 Å². The van der Waals surface area contributed by atoms with Gasteiger partial charge in [-0.1, -0.05) is 12.1 Å². The number of ether oxygens (including phenoxy) is 1. The van der Waals surface area contributed by atoms with Crippen molar-refractivity contribution >= 4 is 15.9 Å². The Morgan fingerprint density at radius 3 is 2.48 bits per heavy atom. The van der Waals surface area contributed by atoms with E-state index in [1.807, 2.05) is 0 Å². The van der Waals surface area contributed by atoms with Crippen molar-refractivity contribution in [3.8, 4) is 0 Å². The minimum atomic E-state index is -3.52. The molecule has 0 spiro atoms. The van der Waals surface area contributed by atoms with Crippen molar-refractivity contribution in [3.63, 3.8) is 0 Å². The highest BCUT2D eigenvalue weighted by Crippen LogP contribution is 2.10. The largest absolute Gasteiger partial charge is 0.383 e. The van der Waals surface area contributed by atoms with E-state index >= 15 is 0 Å². The van der Waals surface area contributed by atoms with E-state index in [0.29, 0.717) is 13.2 Å². The fourth-order valence-corrected chi connectivity index (χ4v) is 2.58. The fourth-order valence-electron chi connectivity index (χ4n) is 1.57. The summed E-state index contributed by atoms with van der Waals surface area (Å²) in [7, 11) is -0.321. The smallest absolute Gasteiger partial charge is 0.240 e. The Hall–Kier alpha value is -1.48. The normalized spacial score (nSPS) is 11.3. The Kier molecular flexibility index (Phi) is 7.30. The lowest BCUT2D eigenvalue weighted by Gasteiger charge is -2.08. The Balaban J connectivity index is 2.59. The maximum absolute atomic E-state index is 11.9. The maximum atomic E-state index is 11.9. The maximum Gasteiger partial charge on any atom is 0.240 e. The number of benzene rings is 1. The summed E-state index contributed by atoms with van der Waals surface area (Å²) in [4.78, 5) is 11.5. The van der Waals surface area contributed by atoms with Crippen LogP contribution in [0.5, 0.6) is 0 Å². The molecule has 0 heterocycles. The molecule has 0 aromatic heterocycles. The van der Waals surface area contributed by atoms with Crippen LogP contribution in [0, 0.1) is 0 Å². The van der Waals surface area contributed by atoms with E-state index < -0.39 is 10.0 Å². The predicted octanol–water partition coefficient (Wildman–Crippen LogP) is -0.553. The zero-order valence-corrected chi connectivity index (χ0v) is 13.0. The van der Waals surface area contributed by atoms with Gasteiger partial charge in [0.25, 0.3) is 0 Å². The molecule has 0 atom stereocenters. The molecule has 0 radical (unpaired) electrons. The van der Waals surface area contributed by atoms with Gasteiger partial charge in [-0.25, -0.2) is 13.1 Å². The quantitative estimate of drug-likeness (QED) is 0.531. The summed E-state index contributed by atoms with van der Waals surface area (Å²) in [5.74, 6) is -0.115. The molecular formula is C13H21N3O4S. The number of sulfonamides is 1. The second kappa shape index (κ2) is 8.73. The summed E-state index contributed by atoms with van der Waals surface area (Å²) in [6, 6.07) is 6.36. The van der Waals surface area contributed by atoms with E-state index in [-0.39, 0.29) is 23.9 Å². The number of likely N-dealkylation sites (N-methyl/N-ethyl adjacent to an activating group) is 1. The average molecular weight is 315 g/mol. The summed E-state index contributed by atoms with van der Waals surface area (Å²) >= 11 is 0. The summed E-state index contributed by atoms with van der Waals surface area (Å²) in [6.07, 6.45) is 0. The third-order valence-corrected chi connectivity index (χ3v) is 4.14. The molecule has 1 amide bonds. The van der Waals surface area contributed by atoms with Gasteiger partial charge in [-0.05, 0) is 24.7 Å². The van der Waals surface area contributed by atoms with E-state index in [1.54, 1.807) is 19.2 Å². The van der Waals surface area contributed by atoms with Gasteiger partial charge >= 0.3 is 0 Å². The van der Waals surface area contributed by atoms with Crippen LogP contribution in [-0.2, 0) is 26.1 Å². The van der Waals surface area contributed by atoms with Crippen molar-refractivity contribution in [2.75, 3.05) is 33.9 Å². The van der Waals surface area contributed by atoms with Gasteiger partial charge in [0.05, 0.1) is 18.0 Å². The van der Waals surface area contributed by atoms with Crippen LogP contribution in [0.1, 0.15) is 5.56 Å². The van der Waals surface area contributed by atoms with Crippen molar-refractivity contribution in [3.05, 3.63) is 29.8 Å². The first-order valence-electron chi connectivity index (χ1n) is 6.48. The number of amides is 1. The molecule has 1 aromatic rings. The topological polar surface area (TPSA) is 96.5 Å². The minimum absolute atomic E-state index is 0.115. The molecule has 0 saturated carbocycles. The molecule has 7 nitrogen and oxygen atoms in total. The van der Waals surface area contributed by atoms with Crippen molar-refractivity contribution in [1.82, 2.24) is 15.4 Å². The lowest BCUT2D eigenvalue weighted by Crippen LogP contribution is -2.31. The highest BCUT2D eigenvalue weighted by atomic mass is 32.2. The van der Waals surface area contributed by atoms with E-state index in [0.717, 1.165) is 5.56 Å². The van der Waals surface area contributed by atoms with Crippen LogP contribution in [0.2, 0.25) is 0 Å². The second-order valence-electron chi connectivity index (χ2n) is 4.34. The molecule has 0 unspecified atom stereocenters. The van der Waals surface area contributed by atoms with Gasteiger partial charge < -0.3 is 15.4 Å². The zero-order chi connectivity index (χ0) is 15.7. The molecule has 0 bridgehead atoms. The van der Waals surface area contributed by atoms with Gasteiger partial charge in [0.2, 0.25) is 15.9 Å². The van der Waals surface area contributed by atoms with Gasteiger partial charge in [-0.2, -0.15) is 0 Å². The summed E-state index contributed by atoms with van der Waals surface area (Å²) in [5.41, 5.74) is 0.829. The summed E-state index contributed by atoms with van der Waals surface area (Å²) < 4.78 is 31.1. The molecule has 118 valence electrons. The van der Waals surface area contributed by atoms with Gasteiger partial charge in [-0.3, -0.25) is 4.79 Å². The molecule has 0 aliphatic rings. The standard InChI is InChI=1S/C13H21N3O4S/c1-14-10-13(17)15-9-11-3-5-12(6-4-11)21(18,19)16-7-8-20-2/h3-6,14,16H,7-10H2,1-2H3,(H,15,17). The third kappa shape index (κ3) is 6.21. The molecule has 8 heteroatoms. The molecule has 21 heavy (non-hydrogen) atoms. The highest BCUT2D eigenvalue weighted by Gasteiger charge is 2.12.